The SMILES string of the molecule is CC(NCCOc1ncccc1Cl)C1CC1. The number of hydrogen-bond donors (Lipinski definition) is 1. The van der Waals surface area contributed by atoms with Crippen LogP contribution in [0.2, 0.25) is 5.02 Å². The third-order valence-corrected chi connectivity index (χ3v) is 3.15. The molecule has 88 valence electrons. The van der Waals surface area contributed by atoms with E-state index in [1.165, 1.54) is 12.8 Å². The molecular formula is C12H17ClN2O. The Bertz CT molecular complexity index is 342. The van der Waals surface area contributed by atoms with Gasteiger partial charge in [-0.2, -0.15) is 0 Å². The number of pyridine rings is 1. The fraction of sp³-hybridized carbons (Fsp3) is 0.583. The highest BCUT2D eigenvalue weighted by Crippen LogP contribution is 2.32. The van der Waals surface area contributed by atoms with Crippen LogP contribution in [-0.2, 0) is 0 Å². The highest BCUT2D eigenvalue weighted by molar-refractivity contribution is 6.31. The van der Waals surface area contributed by atoms with Crippen molar-refractivity contribution in [3.05, 3.63) is 23.4 Å². The molecule has 1 saturated carbocycles. The lowest BCUT2D eigenvalue weighted by Crippen LogP contribution is -2.31. The standard InChI is InChI=1S/C12H17ClN2O/c1-9(10-4-5-10)14-7-8-16-12-11(13)3-2-6-15-12/h2-3,6,9-10,14H,4-5,7-8H2,1H3. The number of ether oxygens (including phenoxy) is 1. The first-order chi connectivity index (χ1) is 7.77. The zero-order chi connectivity index (χ0) is 11.4. The molecule has 2 rings (SSSR count). The van der Waals surface area contributed by atoms with E-state index in [4.69, 9.17) is 16.3 Å². The lowest BCUT2D eigenvalue weighted by molar-refractivity contribution is 0.293. The van der Waals surface area contributed by atoms with E-state index >= 15 is 0 Å². The highest BCUT2D eigenvalue weighted by Gasteiger charge is 2.27. The zero-order valence-electron chi connectivity index (χ0n) is 9.45. The van der Waals surface area contributed by atoms with E-state index in [-0.39, 0.29) is 0 Å². The van der Waals surface area contributed by atoms with Gasteiger partial charge in [-0.1, -0.05) is 11.6 Å². The van der Waals surface area contributed by atoms with Crippen LogP contribution in [-0.4, -0.2) is 24.2 Å². The summed E-state index contributed by atoms with van der Waals surface area (Å²) in [6.45, 7) is 3.67. The Morgan fingerprint density at radius 1 is 1.62 bits per heavy atom. The van der Waals surface area contributed by atoms with Crippen molar-refractivity contribution in [3.63, 3.8) is 0 Å². The smallest absolute Gasteiger partial charge is 0.232 e. The van der Waals surface area contributed by atoms with Gasteiger partial charge in [0.1, 0.15) is 11.6 Å². The number of hydrogen-bond acceptors (Lipinski definition) is 3. The molecule has 0 aliphatic heterocycles. The number of rotatable bonds is 6. The molecule has 0 saturated heterocycles. The van der Waals surface area contributed by atoms with Gasteiger partial charge in [0.15, 0.2) is 0 Å². The summed E-state index contributed by atoms with van der Waals surface area (Å²) in [7, 11) is 0. The zero-order valence-corrected chi connectivity index (χ0v) is 10.2. The van der Waals surface area contributed by atoms with Gasteiger partial charge in [-0.05, 0) is 37.8 Å². The summed E-state index contributed by atoms with van der Waals surface area (Å²) >= 11 is 5.92. The van der Waals surface area contributed by atoms with Crippen molar-refractivity contribution in [2.24, 2.45) is 5.92 Å². The molecule has 1 aromatic rings. The molecule has 0 radical (unpaired) electrons. The van der Waals surface area contributed by atoms with E-state index in [2.05, 4.69) is 17.2 Å². The molecule has 1 atom stereocenters. The molecule has 1 heterocycles. The van der Waals surface area contributed by atoms with Crippen LogP contribution in [0.25, 0.3) is 0 Å². The molecule has 1 fully saturated rings. The fourth-order valence-electron chi connectivity index (χ4n) is 1.67. The second-order valence-corrected chi connectivity index (χ2v) is 4.63. The molecule has 1 aliphatic rings. The molecule has 16 heavy (non-hydrogen) atoms. The van der Waals surface area contributed by atoms with E-state index in [1.54, 1.807) is 18.3 Å². The number of nitrogens with zero attached hydrogens (tertiary/aromatic N) is 1. The van der Waals surface area contributed by atoms with Gasteiger partial charge in [0.2, 0.25) is 5.88 Å². The van der Waals surface area contributed by atoms with Gasteiger partial charge in [-0.25, -0.2) is 4.98 Å². The van der Waals surface area contributed by atoms with Crippen molar-refractivity contribution in [1.29, 1.82) is 0 Å². The van der Waals surface area contributed by atoms with Crippen molar-refractivity contribution in [1.82, 2.24) is 10.3 Å². The average Bonchev–Trinajstić information content (AvgIpc) is 3.10. The van der Waals surface area contributed by atoms with Crippen LogP contribution in [0.5, 0.6) is 5.88 Å². The Hall–Kier alpha value is -0.800. The second kappa shape index (κ2) is 5.51. The van der Waals surface area contributed by atoms with Crippen LogP contribution >= 0.6 is 11.6 Å². The predicted molar refractivity (Wildman–Crippen MR) is 64.9 cm³/mol. The summed E-state index contributed by atoms with van der Waals surface area (Å²) in [4.78, 5) is 4.06. The Labute approximate surface area is 101 Å². The molecular weight excluding hydrogens is 224 g/mol. The molecule has 1 aromatic heterocycles. The van der Waals surface area contributed by atoms with Gasteiger partial charge in [0.25, 0.3) is 0 Å². The van der Waals surface area contributed by atoms with E-state index in [0.717, 1.165) is 12.5 Å². The maximum atomic E-state index is 5.92. The minimum absolute atomic E-state index is 0.519. The normalized spacial score (nSPS) is 17.1. The summed E-state index contributed by atoms with van der Waals surface area (Å²) < 4.78 is 5.48. The van der Waals surface area contributed by atoms with Crippen LogP contribution in [0.4, 0.5) is 0 Å². The van der Waals surface area contributed by atoms with Crippen LogP contribution in [0, 0.1) is 5.92 Å². The number of nitrogens with one attached hydrogen (secondary N) is 1. The van der Waals surface area contributed by atoms with Crippen LogP contribution < -0.4 is 10.1 Å². The quantitative estimate of drug-likeness (QED) is 0.776. The van der Waals surface area contributed by atoms with Crippen LogP contribution in [0.1, 0.15) is 19.8 Å². The Kier molecular flexibility index (Phi) is 4.02. The highest BCUT2D eigenvalue weighted by atomic mass is 35.5. The second-order valence-electron chi connectivity index (χ2n) is 4.22. The van der Waals surface area contributed by atoms with Gasteiger partial charge in [-0.3, -0.25) is 0 Å². The van der Waals surface area contributed by atoms with Crippen LogP contribution in [0.3, 0.4) is 0 Å². The number of aromatic nitrogens is 1. The molecule has 3 nitrogen and oxygen atoms in total. The van der Waals surface area contributed by atoms with Gasteiger partial charge < -0.3 is 10.1 Å². The van der Waals surface area contributed by atoms with Crippen molar-refractivity contribution in [3.8, 4) is 5.88 Å². The lowest BCUT2D eigenvalue weighted by atomic mass is 10.2. The van der Waals surface area contributed by atoms with Crippen molar-refractivity contribution < 1.29 is 4.74 Å². The van der Waals surface area contributed by atoms with Gasteiger partial charge >= 0.3 is 0 Å². The van der Waals surface area contributed by atoms with Gasteiger partial charge in [0, 0.05) is 18.8 Å². The number of halogens is 1. The van der Waals surface area contributed by atoms with Crippen molar-refractivity contribution >= 4 is 11.6 Å². The van der Waals surface area contributed by atoms with Gasteiger partial charge in [0.05, 0.1) is 0 Å². The van der Waals surface area contributed by atoms with Crippen molar-refractivity contribution in [2.75, 3.05) is 13.2 Å². The summed E-state index contributed by atoms with van der Waals surface area (Å²) in [5.74, 6) is 1.39. The molecule has 0 bridgehead atoms. The summed E-state index contributed by atoms with van der Waals surface area (Å²) in [5.41, 5.74) is 0. The Morgan fingerprint density at radius 2 is 2.44 bits per heavy atom. The summed E-state index contributed by atoms with van der Waals surface area (Å²) in [6, 6.07) is 4.18. The maximum absolute atomic E-state index is 5.92. The van der Waals surface area contributed by atoms with E-state index in [0.29, 0.717) is 23.6 Å². The van der Waals surface area contributed by atoms with Crippen LogP contribution in [0.15, 0.2) is 18.3 Å². The Balaban J connectivity index is 1.66. The topological polar surface area (TPSA) is 34.1 Å². The van der Waals surface area contributed by atoms with Crippen molar-refractivity contribution in [2.45, 2.75) is 25.8 Å². The monoisotopic (exact) mass is 240 g/mol. The summed E-state index contributed by atoms with van der Waals surface area (Å²) in [6.07, 6.45) is 4.41. The molecule has 0 amide bonds. The molecule has 1 N–H and O–H groups in total. The lowest BCUT2D eigenvalue weighted by Gasteiger charge is -2.13. The maximum Gasteiger partial charge on any atom is 0.232 e. The molecule has 1 unspecified atom stereocenters. The molecule has 4 heteroatoms. The van der Waals surface area contributed by atoms with Gasteiger partial charge in [-0.15, -0.1) is 0 Å². The van der Waals surface area contributed by atoms with E-state index < -0.39 is 0 Å². The molecule has 0 spiro atoms. The first kappa shape index (κ1) is 11.7. The van der Waals surface area contributed by atoms with E-state index in [9.17, 15) is 0 Å². The fourth-order valence-corrected chi connectivity index (χ4v) is 1.85. The summed E-state index contributed by atoms with van der Waals surface area (Å²) in [5, 5.41) is 4.01. The minimum Gasteiger partial charge on any atom is -0.475 e. The minimum atomic E-state index is 0.519. The average molecular weight is 241 g/mol. The largest absolute Gasteiger partial charge is 0.475 e. The first-order valence-corrected chi connectivity index (χ1v) is 6.12. The molecule has 0 aromatic carbocycles. The first-order valence-electron chi connectivity index (χ1n) is 5.74. The Morgan fingerprint density at radius 3 is 3.12 bits per heavy atom. The third kappa shape index (κ3) is 3.35. The molecule has 1 aliphatic carbocycles. The predicted octanol–water partition coefficient (Wildman–Crippen LogP) is 2.50. The third-order valence-electron chi connectivity index (χ3n) is 2.86. The van der Waals surface area contributed by atoms with E-state index in [1.807, 2.05) is 0 Å².